The molecule has 0 aromatic carbocycles. The maximum Gasteiger partial charge on any atom is 0.490 e. The summed E-state index contributed by atoms with van der Waals surface area (Å²) in [5.74, 6) is -2.15. The van der Waals surface area contributed by atoms with Gasteiger partial charge < -0.3 is 21.3 Å². The van der Waals surface area contributed by atoms with Crippen molar-refractivity contribution in [2.24, 2.45) is 5.73 Å². The maximum atomic E-state index is 10.6. The molecule has 0 spiro atoms. The largest absolute Gasteiger partial charge is 0.490 e. The van der Waals surface area contributed by atoms with E-state index in [4.69, 9.17) is 27.2 Å². The van der Waals surface area contributed by atoms with Gasteiger partial charge in [0.05, 0.1) is 13.0 Å². The third-order valence-electron chi connectivity index (χ3n) is 1.34. The zero-order valence-corrected chi connectivity index (χ0v) is 9.40. The molecule has 1 atom stereocenters. The summed E-state index contributed by atoms with van der Waals surface area (Å²) >= 11 is 0. The highest BCUT2D eigenvalue weighted by Gasteiger charge is 2.38. The summed E-state index contributed by atoms with van der Waals surface area (Å²) in [6.45, 7) is -0.197. The highest BCUT2D eigenvalue weighted by atomic mass is 19.4. The van der Waals surface area contributed by atoms with Gasteiger partial charge in [-0.25, -0.2) is 4.79 Å². The van der Waals surface area contributed by atoms with Crippen molar-refractivity contribution in [1.29, 1.82) is 0 Å². The van der Waals surface area contributed by atoms with Crippen LogP contribution in [-0.4, -0.2) is 46.8 Å². The van der Waals surface area contributed by atoms with E-state index in [0.717, 1.165) is 0 Å². The Labute approximate surface area is 105 Å². The molecule has 0 heterocycles. The monoisotopic (exact) mass is 284 g/mol. The average Bonchev–Trinajstić information content (AvgIpc) is 2.26. The van der Waals surface area contributed by atoms with Crippen LogP contribution in [0.4, 0.5) is 13.2 Å². The number of carboxylic acid groups (broad SMARTS) is 2. The van der Waals surface area contributed by atoms with Crippen molar-refractivity contribution in [2.45, 2.75) is 18.6 Å². The predicted molar refractivity (Wildman–Crippen MR) is 55.8 cm³/mol. The van der Waals surface area contributed by atoms with Crippen molar-refractivity contribution in [3.05, 3.63) is 0 Å². The van der Waals surface area contributed by atoms with Gasteiger partial charge in [-0.2, -0.15) is 13.2 Å². The predicted octanol–water partition coefficient (Wildman–Crippen LogP) is -0.829. The van der Waals surface area contributed by atoms with Gasteiger partial charge in [0.25, 0.3) is 0 Å². The molecular weight excluding hydrogens is 273 g/mol. The fourth-order valence-corrected chi connectivity index (χ4v) is 0.579. The van der Waals surface area contributed by atoms with E-state index in [2.05, 4.69) is 11.2 Å². The third kappa shape index (κ3) is 12.0. The Morgan fingerprint density at radius 1 is 1.32 bits per heavy atom. The standard InChI is InChI=1S/C7H10N2O3.C2HF3O2/c1-2-5(3-7(11)12)9-6(10)4-8;3-2(4,5)1(6)7/h1,5H,3-4,8H2,(H,9,10)(H,11,12);(H,6,7). The molecule has 10 heteroatoms. The van der Waals surface area contributed by atoms with E-state index in [1.807, 2.05) is 0 Å². The van der Waals surface area contributed by atoms with Crippen molar-refractivity contribution < 1.29 is 37.8 Å². The first-order valence-corrected chi connectivity index (χ1v) is 4.52. The van der Waals surface area contributed by atoms with E-state index in [1.54, 1.807) is 0 Å². The van der Waals surface area contributed by atoms with Gasteiger partial charge in [-0.05, 0) is 0 Å². The first-order chi connectivity index (χ1) is 8.54. The van der Waals surface area contributed by atoms with Crippen LogP contribution < -0.4 is 11.1 Å². The lowest BCUT2D eigenvalue weighted by Crippen LogP contribution is -2.39. The maximum absolute atomic E-state index is 10.6. The lowest BCUT2D eigenvalue weighted by molar-refractivity contribution is -0.192. The lowest BCUT2D eigenvalue weighted by Gasteiger charge is -2.08. The molecule has 0 rings (SSSR count). The summed E-state index contributed by atoms with van der Waals surface area (Å²) in [4.78, 5) is 29.7. The van der Waals surface area contributed by atoms with Crippen LogP contribution in [0.1, 0.15) is 6.42 Å². The number of carbonyl (C=O) groups is 3. The van der Waals surface area contributed by atoms with Crippen molar-refractivity contribution in [2.75, 3.05) is 6.54 Å². The molecule has 0 fully saturated rings. The second-order valence-electron chi connectivity index (χ2n) is 2.89. The normalized spacial score (nSPS) is 11.3. The van der Waals surface area contributed by atoms with Crippen LogP contribution in [0.2, 0.25) is 0 Å². The number of alkyl halides is 3. The molecule has 7 nitrogen and oxygen atoms in total. The van der Waals surface area contributed by atoms with Crippen molar-refractivity contribution in [3.63, 3.8) is 0 Å². The molecule has 0 saturated carbocycles. The molecule has 5 N–H and O–H groups in total. The number of hydrogen-bond donors (Lipinski definition) is 4. The average molecular weight is 284 g/mol. The number of carbonyl (C=O) groups excluding carboxylic acids is 1. The van der Waals surface area contributed by atoms with E-state index < -0.39 is 30.1 Å². The van der Waals surface area contributed by atoms with Crippen LogP contribution in [0.15, 0.2) is 0 Å². The summed E-state index contributed by atoms with van der Waals surface area (Å²) in [6.07, 6.45) is -0.418. The van der Waals surface area contributed by atoms with E-state index in [9.17, 15) is 22.8 Å². The summed E-state index contributed by atoms with van der Waals surface area (Å²) < 4.78 is 31.7. The molecule has 0 aliphatic rings. The second kappa shape index (κ2) is 8.76. The van der Waals surface area contributed by atoms with E-state index in [-0.39, 0.29) is 13.0 Å². The van der Waals surface area contributed by atoms with Crippen LogP contribution in [0.5, 0.6) is 0 Å². The number of nitrogens with two attached hydrogens (primary N) is 1. The molecule has 1 unspecified atom stereocenters. The van der Waals surface area contributed by atoms with E-state index in [0.29, 0.717) is 0 Å². The summed E-state index contributed by atoms with van der Waals surface area (Å²) in [7, 11) is 0. The number of terminal acetylenes is 1. The summed E-state index contributed by atoms with van der Waals surface area (Å²) in [5, 5.41) is 17.7. The van der Waals surface area contributed by atoms with E-state index in [1.165, 1.54) is 0 Å². The Bertz CT molecular complexity index is 375. The second-order valence-corrected chi connectivity index (χ2v) is 2.89. The minimum absolute atomic E-state index is 0.197. The highest BCUT2D eigenvalue weighted by Crippen LogP contribution is 2.13. The van der Waals surface area contributed by atoms with Crippen LogP contribution in [-0.2, 0) is 14.4 Å². The van der Waals surface area contributed by atoms with Gasteiger partial charge in [0, 0.05) is 0 Å². The third-order valence-corrected chi connectivity index (χ3v) is 1.34. The quantitative estimate of drug-likeness (QED) is 0.499. The fourth-order valence-electron chi connectivity index (χ4n) is 0.579. The minimum Gasteiger partial charge on any atom is -0.481 e. The van der Waals surface area contributed by atoms with Crippen molar-refractivity contribution >= 4 is 17.8 Å². The van der Waals surface area contributed by atoms with Gasteiger partial charge in [0.15, 0.2) is 0 Å². The van der Waals surface area contributed by atoms with E-state index >= 15 is 0 Å². The molecule has 0 bridgehead atoms. The first kappa shape index (κ1) is 19.1. The number of carboxylic acids is 2. The molecule has 1 amide bonds. The SMILES string of the molecule is C#CC(CC(=O)O)NC(=O)CN.O=C(O)C(F)(F)F. The Kier molecular flexibility index (Phi) is 8.79. The molecule has 108 valence electrons. The smallest absolute Gasteiger partial charge is 0.481 e. The number of halogens is 3. The number of nitrogens with one attached hydrogen (secondary N) is 1. The van der Waals surface area contributed by atoms with Crippen LogP contribution >= 0.6 is 0 Å². The molecular formula is C9H11F3N2O5. The highest BCUT2D eigenvalue weighted by molar-refractivity contribution is 5.79. The zero-order valence-electron chi connectivity index (χ0n) is 9.40. The molecule has 0 aromatic heterocycles. The summed E-state index contributed by atoms with van der Waals surface area (Å²) in [6, 6.07) is -0.779. The van der Waals surface area contributed by atoms with Gasteiger partial charge in [-0.1, -0.05) is 5.92 Å². The van der Waals surface area contributed by atoms with Gasteiger partial charge in [-0.15, -0.1) is 6.42 Å². The molecule has 0 radical (unpaired) electrons. The number of aliphatic carboxylic acids is 2. The minimum atomic E-state index is -5.08. The Morgan fingerprint density at radius 2 is 1.74 bits per heavy atom. The lowest BCUT2D eigenvalue weighted by atomic mass is 10.2. The Balaban J connectivity index is 0. The summed E-state index contributed by atoms with van der Waals surface area (Å²) in [5.41, 5.74) is 4.98. The van der Waals surface area contributed by atoms with Crippen LogP contribution in [0.25, 0.3) is 0 Å². The molecule has 0 aromatic rings. The number of hydrogen-bond acceptors (Lipinski definition) is 4. The van der Waals surface area contributed by atoms with Gasteiger partial charge in [0.2, 0.25) is 5.91 Å². The van der Waals surface area contributed by atoms with Gasteiger partial charge in [-0.3, -0.25) is 9.59 Å². The van der Waals surface area contributed by atoms with Crippen molar-refractivity contribution in [3.8, 4) is 12.3 Å². The zero-order chi connectivity index (χ0) is 15.6. The number of rotatable bonds is 4. The molecule has 0 aliphatic carbocycles. The Hall–Kier alpha value is -2.28. The fraction of sp³-hybridized carbons (Fsp3) is 0.444. The van der Waals surface area contributed by atoms with Gasteiger partial charge >= 0.3 is 18.1 Å². The molecule has 19 heavy (non-hydrogen) atoms. The first-order valence-electron chi connectivity index (χ1n) is 4.52. The van der Waals surface area contributed by atoms with Crippen molar-refractivity contribution in [1.82, 2.24) is 5.32 Å². The number of amides is 1. The molecule has 0 aliphatic heterocycles. The van der Waals surface area contributed by atoms with Crippen LogP contribution in [0, 0.1) is 12.3 Å². The van der Waals surface area contributed by atoms with Crippen LogP contribution in [0.3, 0.4) is 0 Å². The molecule has 0 saturated heterocycles. The Morgan fingerprint density at radius 3 is 1.95 bits per heavy atom. The topological polar surface area (TPSA) is 130 Å². The van der Waals surface area contributed by atoms with Gasteiger partial charge in [0.1, 0.15) is 6.04 Å².